The van der Waals surface area contributed by atoms with E-state index in [1.807, 2.05) is 0 Å². The quantitative estimate of drug-likeness (QED) is 0.766. The van der Waals surface area contributed by atoms with E-state index in [4.69, 9.17) is 16.7 Å². The maximum Gasteiger partial charge on any atom is 0.328 e. The van der Waals surface area contributed by atoms with Gasteiger partial charge in [0.15, 0.2) is 0 Å². The number of halogens is 1. The van der Waals surface area contributed by atoms with Gasteiger partial charge in [-0.1, -0.05) is 29.8 Å². The Labute approximate surface area is 110 Å². The van der Waals surface area contributed by atoms with E-state index in [9.17, 15) is 9.59 Å². The Morgan fingerprint density at radius 3 is 2.67 bits per heavy atom. The molecule has 0 saturated carbocycles. The van der Waals surface area contributed by atoms with Gasteiger partial charge in [-0.3, -0.25) is 4.79 Å². The number of nitrogens with one attached hydrogen (secondary N) is 1. The predicted molar refractivity (Wildman–Crippen MR) is 66.2 cm³/mol. The molecule has 0 aliphatic rings. The van der Waals surface area contributed by atoms with Crippen LogP contribution < -0.4 is 5.32 Å². The molecule has 1 amide bonds. The maximum atomic E-state index is 11.5. The average molecular weight is 272 g/mol. The molecule has 0 heterocycles. The minimum atomic E-state index is -0.866. The number of amides is 1. The van der Waals surface area contributed by atoms with Crippen molar-refractivity contribution in [2.24, 2.45) is 0 Å². The zero-order chi connectivity index (χ0) is 13.5. The number of ether oxygens (including phenoxy) is 1. The van der Waals surface area contributed by atoms with Gasteiger partial charge in [-0.25, -0.2) is 4.79 Å². The van der Waals surface area contributed by atoms with Crippen LogP contribution in [0.4, 0.5) is 0 Å². The van der Waals surface area contributed by atoms with Gasteiger partial charge in [0, 0.05) is 11.4 Å². The average Bonchev–Trinajstić information content (AvgIpc) is 2.39. The van der Waals surface area contributed by atoms with E-state index in [1.165, 1.54) is 7.11 Å². The molecule has 0 spiro atoms. The van der Waals surface area contributed by atoms with Crippen molar-refractivity contribution < 1.29 is 19.4 Å². The summed E-state index contributed by atoms with van der Waals surface area (Å²) in [5.74, 6) is -1.23. The summed E-state index contributed by atoms with van der Waals surface area (Å²) >= 11 is 5.97. The number of hydrogen-bond donors (Lipinski definition) is 2. The highest BCUT2D eigenvalue weighted by atomic mass is 35.5. The SMILES string of the molecule is COC(=O)[C@@H](Cc1ccccc1Cl)NC(=O)CO. The molecule has 1 atom stereocenters. The van der Waals surface area contributed by atoms with Gasteiger partial charge in [-0.05, 0) is 11.6 Å². The Hall–Kier alpha value is -1.59. The lowest BCUT2D eigenvalue weighted by molar-refractivity contribution is -0.145. The summed E-state index contributed by atoms with van der Waals surface area (Å²) in [6.07, 6.45) is 0.206. The summed E-state index contributed by atoms with van der Waals surface area (Å²) in [4.78, 5) is 22.6. The molecule has 0 radical (unpaired) electrons. The Balaban J connectivity index is 2.82. The molecule has 1 aromatic rings. The third kappa shape index (κ3) is 4.01. The zero-order valence-electron chi connectivity index (χ0n) is 9.85. The first-order chi connectivity index (χ1) is 8.58. The zero-order valence-corrected chi connectivity index (χ0v) is 10.6. The Kier molecular flexibility index (Phi) is 5.61. The van der Waals surface area contributed by atoms with Gasteiger partial charge in [-0.15, -0.1) is 0 Å². The molecule has 0 aliphatic carbocycles. The van der Waals surface area contributed by atoms with Gasteiger partial charge in [0.05, 0.1) is 7.11 Å². The second-order valence-corrected chi connectivity index (χ2v) is 4.00. The summed E-state index contributed by atoms with van der Waals surface area (Å²) in [6.45, 7) is -0.685. The molecule has 18 heavy (non-hydrogen) atoms. The van der Waals surface area contributed by atoms with Crippen LogP contribution in [0, 0.1) is 0 Å². The summed E-state index contributed by atoms with van der Waals surface area (Å²) < 4.78 is 4.59. The van der Waals surface area contributed by atoms with E-state index < -0.39 is 24.5 Å². The number of methoxy groups -OCH3 is 1. The number of esters is 1. The Bertz CT molecular complexity index is 436. The van der Waals surface area contributed by atoms with E-state index in [2.05, 4.69) is 10.1 Å². The van der Waals surface area contributed by atoms with Crippen LogP contribution in [-0.2, 0) is 20.7 Å². The Morgan fingerprint density at radius 1 is 1.44 bits per heavy atom. The number of aliphatic hydroxyl groups excluding tert-OH is 1. The molecule has 0 aliphatic heterocycles. The normalized spacial score (nSPS) is 11.7. The van der Waals surface area contributed by atoms with E-state index in [0.717, 1.165) is 0 Å². The Morgan fingerprint density at radius 2 is 2.11 bits per heavy atom. The summed E-state index contributed by atoms with van der Waals surface area (Å²) in [5, 5.41) is 11.5. The van der Waals surface area contributed by atoms with Crippen LogP contribution in [0.1, 0.15) is 5.56 Å². The van der Waals surface area contributed by atoms with Crippen molar-refractivity contribution in [3.63, 3.8) is 0 Å². The van der Waals surface area contributed by atoms with Crippen LogP contribution in [0.5, 0.6) is 0 Å². The first kappa shape index (κ1) is 14.5. The lowest BCUT2D eigenvalue weighted by atomic mass is 10.1. The first-order valence-electron chi connectivity index (χ1n) is 5.30. The molecule has 6 heteroatoms. The predicted octanol–water partition coefficient (Wildman–Crippen LogP) is 0.533. The second kappa shape index (κ2) is 6.98. The molecule has 1 rings (SSSR count). The molecule has 98 valence electrons. The number of aliphatic hydroxyl groups is 1. The highest BCUT2D eigenvalue weighted by Gasteiger charge is 2.22. The van der Waals surface area contributed by atoms with Gasteiger partial charge in [0.1, 0.15) is 12.6 Å². The lowest BCUT2D eigenvalue weighted by Gasteiger charge is -2.16. The molecular formula is C12H14ClNO4. The van der Waals surface area contributed by atoms with Gasteiger partial charge in [0.25, 0.3) is 0 Å². The van der Waals surface area contributed by atoms with Crippen molar-refractivity contribution in [2.45, 2.75) is 12.5 Å². The van der Waals surface area contributed by atoms with E-state index in [-0.39, 0.29) is 6.42 Å². The van der Waals surface area contributed by atoms with Crippen molar-refractivity contribution in [1.29, 1.82) is 0 Å². The summed E-state index contributed by atoms with van der Waals surface area (Å²) in [6, 6.07) is 6.13. The third-order valence-electron chi connectivity index (χ3n) is 2.35. The fourth-order valence-corrected chi connectivity index (χ4v) is 1.67. The van der Waals surface area contributed by atoms with Crippen LogP contribution in [0.15, 0.2) is 24.3 Å². The van der Waals surface area contributed by atoms with Crippen molar-refractivity contribution in [3.05, 3.63) is 34.9 Å². The van der Waals surface area contributed by atoms with Crippen LogP contribution in [0.3, 0.4) is 0 Å². The highest BCUT2D eigenvalue weighted by molar-refractivity contribution is 6.31. The standard InChI is InChI=1S/C12H14ClNO4/c1-18-12(17)10(14-11(16)7-15)6-8-4-2-3-5-9(8)13/h2-5,10,15H,6-7H2,1H3,(H,14,16)/t10-/m1/s1. The van der Waals surface area contributed by atoms with Crippen molar-refractivity contribution in [2.75, 3.05) is 13.7 Å². The minimum absolute atomic E-state index is 0.206. The minimum Gasteiger partial charge on any atom is -0.467 e. The van der Waals surface area contributed by atoms with Crippen LogP contribution >= 0.6 is 11.6 Å². The smallest absolute Gasteiger partial charge is 0.328 e. The summed E-state index contributed by atoms with van der Waals surface area (Å²) in [7, 11) is 1.23. The molecule has 0 saturated heterocycles. The summed E-state index contributed by atoms with van der Waals surface area (Å²) in [5.41, 5.74) is 0.716. The van der Waals surface area contributed by atoms with E-state index in [0.29, 0.717) is 10.6 Å². The molecule has 0 fully saturated rings. The van der Waals surface area contributed by atoms with Crippen LogP contribution in [-0.4, -0.2) is 36.7 Å². The second-order valence-electron chi connectivity index (χ2n) is 3.60. The molecule has 1 aromatic carbocycles. The molecule has 2 N–H and O–H groups in total. The van der Waals surface area contributed by atoms with Gasteiger partial charge >= 0.3 is 5.97 Å². The van der Waals surface area contributed by atoms with E-state index in [1.54, 1.807) is 24.3 Å². The fraction of sp³-hybridized carbons (Fsp3) is 0.333. The lowest BCUT2D eigenvalue weighted by Crippen LogP contribution is -2.44. The molecule has 0 aromatic heterocycles. The molecular weight excluding hydrogens is 258 g/mol. The highest BCUT2D eigenvalue weighted by Crippen LogP contribution is 2.17. The monoisotopic (exact) mass is 271 g/mol. The number of benzene rings is 1. The molecule has 5 nitrogen and oxygen atoms in total. The maximum absolute atomic E-state index is 11.5. The third-order valence-corrected chi connectivity index (χ3v) is 2.72. The molecule has 0 unspecified atom stereocenters. The van der Waals surface area contributed by atoms with E-state index >= 15 is 0 Å². The number of rotatable bonds is 5. The first-order valence-corrected chi connectivity index (χ1v) is 5.67. The topological polar surface area (TPSA) is 75.6 Å². The van der Waals surface area contributed by atoms with Crippen molar-refractivity contribution in [1.82, 2.24) is 5.32 Å². The van der Waals surface area contributed by atoms with Crippen LogP contribution in [0.2, 0.25) is 5.02 Å². The number of carbonyl (C=O) groups is 2. The van der Waals surface area contributed by atoms with Gasteiger partial charge in [-0.2, -0.15) is 0 Å². The van der Waals surface area contributed by atoms with Gasteiger partial charge in [0.2, 0.25) is 5.91 Å². The van der Waals surface area contributed by atoms with Crippen LogP contribution in [0.25, 0.3) is 0 Å². The number of carbonyl (C=O) groups excluding carboxylic acids is 2. The number of hydrogen-bond acceptors (Lipinski definition) is 4. The fourth-order valence-electron chi connectivity index (χ4n) is 1.46. The van der Waals surface area contributed by atoms with Crippen molar-refractivity contribution >= 4 is 23.5 Å². The van der Waals surface area contributed by atoms with Crippen molar-refractivity contribution in [3.8, 4) is 0 Å². The molecule has 0 bridgehead atoms. The largest absolute Gasteiger partial charge is 0.467 e. The van der Waals surface area contributed by atoms with Gasteiger partial charge < -0.3 is 15.2 Å².